The van der Waals surface area contributed by atoms with Gasteiger partial charge < -0.3 is 4.74 Å². The molecule has 0 radical (unpaired) electrons. The molecule has 2 aromatic carbocycles. The minimum Gasteiger partial charge on any atom is -0.380 e. The molecule has 5 nitrogen and oxygen atoms in total. The number of aromatic amines is 1. The van der Waals surface area contributed by atoms with Gasteiger partial charge >= 0.3 is 5.76 Å². The van der Waals surface area contributed by atoms with Crippen molar-refractivity contribution in [3.63, 3.8) is 0 Å². The Bertz CT molecular complexity index is 788. The zero-order valence-corrected chi connectivity index (χ0v) is 11.5. The van der Waals surface area contributed by atoms with Gasteiger partial charge in [-0.05, 0) is 16.7 Å². The lowest BCUT2D eigenvalue weighted by Gasteiger charge is -2.08. The van der Waals surface area contributed by atoms with Gasteiger partial charge in [0.05, 0.1) is 6.61 Å². The summed E-state index contributed by atoms with van der Waals surface area (Å²) in [5, 5.41) is 3.76. The molecule has 0 aliphatic heterocycles. The first-order valence-electron chi connectivity index (χ1n) is 6.51. The average Bonchev–Trinajstić information content (AvgIpc) is 2.95. The quantitative estimate of drug-likeness (QED) is 0.799. The monoisotopic (exact) mass is 282 g/mol. The highest BCUT2D eigenvalue weighted by Gasteiger charge is 2.10. The van der Waals surface area contributed by atoms with Gasteiger partial charge in [-0.25, -0.2) is 4.79 Å². The fourth-order valence-corrected chi connectivity index (χ4v) is 2.23. The summed E-state index contributed by atoms with van der Waals surface area (Å²) in [6.45, 7) is 0.582. The summed E-state index contributed by atoms with van der Waals surface area (Å²) in [5.74, 6) is -0.133. The van der Waals surface area contributed by atoms with Crippen LogP contribution in [0.15, 0.2) is 57.8 Å². The van der Waals surface area contributed by atoms with E-state index in [1.54, 1.807) is 7.11 Å². The molecule has 1 aromatic heterocycles. The van der Waals surface area contributed by atoms with Crippen LogP contribution in [0, 0.1) is 0 Å². The Morgan fingerprint density at radius 2 is 1.81 bits per heavy atom. The van der Waals surface area contributed by atoms with Crippen LogP contribution in [0.25, 0.3) is 22.5 Å². The molecule has 1 N–H and O–H groups in total. The van der Waals surface area contributed by atoms with E-state index in [9.17, 15) is 4.79 Å². The van der Waals surface area contributed by atoms with Crippen LogP contribution >= 0.6 is 0 Å². The van der Waals surface area contributed by atoms with Crippen LogP contribution < -0.4 is 5.76 Å². The van der Waals surface area contributed by atoms with Gasteiger partial charge in [-0.2, -0.15) is 0 Å². The fraction of sp³-hybridized carbons (Fsp3) is 0.125. The molecule has 3 aromatic rings. The third-order valence-corrected chi connectivity index (χ3v) is 3.20. The van der Waals surface area contributed by atoms with E-state index in [1.165, 1.54) is 0 Å². The van der Waals surface area contributed by atoms with Crippen LogP contribution in [-0.2, 0) is 11.3 Å². The lowest BCUT2D eigenvalue weighted by Crippen LogP contribution is -1.95. The van der Waals surface area contributed by atoms with Crippen LogP contribution in [0.5, 0.6) is 0 Å². The summed E-state index contributed by atoms with van der Waals surface area (Å²) in [4.78, 5) is 13.7. The minimum atomic E-state index is -0.560. The molecule has 21 heavy (non-hydrogen) atoms. The molecule has 0 bridgehead atoms. The second-order valence-corrected chi connectivity index (χ2v) is 4.62. The van der Waals surface area contributed by atoms with Gasteiger partial charge in [0.15, 0.2) is 5.82 Å². The van der Waals surface area contributed by atoms with E-state index in [4.69, 9.17) is 4.74 Å². The first-order valence-corrected chi connectivity index (χ1v) is 6.51. The molecule has 0 aliphatic carbocycles. The number of benzene rings is 2. The third-order valence-electron chi connectivity index (χ3n) is 3.20. The predicted molar refractivity (Wildman–Crippen MR) is 78.7 cm³/mol. The van der Waals surface area contributed by atoms with E-state index < -0.39 is 5.76 Å². The molecule has 0 aliphatic rings. The lowest BCUT2D eigenvalue weighted by molar-refractivity contribution is 0.185. The van der Waals surface area contributed by atoms with Crippen molar-refractivity contribution in [3.05, 3.63) is 64.6 Å². The van der Waals surface area contributed by atoms with E-state index in [-0.39, 0.29) is 0 Å². The Hall–Kier alpha value is -2.66. The number of ether oxygens (including phenoxy) is 1. The molecule has 1 heterocycles. The fourth-order valence-electron chi connectivity index (χ4n) is 2.23. The summed E-state index contributed by atoms with van der Waals surface area (Å²) in [6.07, 6.45) is 0. The molecule has 0 fully saturated rings. The number of rotatable bonds is 4. The van der Waals surface area contributed by atoms with Gasteiger partial charge in [0, 0.05) is 12.7 Å². The molecule has 0 unspecified atom stereocenters. The van der Waals surface area contributed by atoms with Crippen molar-refractivity contribution in [1.29, 1.82) is 0 Å². The third kappa shape index (κ3) is 2.78. The van der Waals surface area contributed by atoms with Gasteiger partial charge in [-0.15, -0.1) is 0 Å². The van der Waals surface area contributed by atoms with E-state index in [1.807, 2.05) is 48.5 Å². The van der Waals surface area contributed by atoms with Crippen LogP contribution in [0.3, 0.4) is 0 Å². The van der Waals surface area contributed by atoms with Gasteiger partial charge in [0.2, 0.25) is 0 Å². The molecule has 3 rings (SSSR count). The number of H-pyrrole nitrogens is 1. The number of hydrogen-bond acceptors (Lipinski definition) is 4. The van der Waals surface area contributed by atoms with Crippen LogP contribution in [-0.4, -0.2) is 17.3 Å². The van der Waals surface area contributed by atoms with Crippen molar-refractivity contribution in [1.82, 2.24) is 10.1 Å². The van der Waals surface area contributed by atoms with Crippen LogP contribution in [0.2, 0.25) is 0 Å². The maximum absolute atomic E-state index is 11.1. The second-order valence-electron chi connectivity index (χ2n) is 4.62. The second kappa shape index (κ2) is 5.76. The maximum Gasteiger partial charge on any atom is 0.439 e. The van der Waals surface area contributed by atoms with Gasteiger partial charge in [0.25, 0.3) is 0 Å². The first kappa shape index (κ1) is 13.3. The lowest BCUT2D eigenvalue weighted by atomic mass is 9.98. The first-order chi connectivity index (χ1) is 10.3. The highest BCUT2D eigenvalue weighted by atomic mass is 16.5. The highest BCUT2D eigenvalue weighted by Crippen LogP contribution is 2.29. The number of methoxy groups -OCH3 is 1. The molecular formula is C16H14N2O3. The Kier molecular flexibility index (Phi) is 3.66. The van der Waals surface area contributed by atoms with Crippen LogP contribution in [0.4, 0.5) is 0 Å². The summed E-state index contributed by atoms with van der Waals surface area (Å²) in [5.41, 5.74) is 3.94. The summed E-state index contributed by atoms with van der Waals surface area (Å²) >= 11 is 0. The molecule has 0 amide bonds. The minimum absolute atomic E-state index is 0.427. The highest BCUT2D eigenvalue weighted by molar-refractivity contribution is 5.80. The molecule has 106 valence electrons. The average molecular weight is 282 g/mol. The van der Waals surface area contributed by atoms with Gasteiger partial charge in [0.1, 0.15) is 0 Å². The topological polar surface area (TPSA) is 68.1 Å². The van der Waals surface area contributed by atoms with E-state index in [0.717, 1.165) is 22.3 Å². The van der Waals surface area contributed by atoms with Crippen molar-refractivity contribution in [2.24, 2.45) is 0 Å². The molecule has 5 heteroatoms. The Labute approximate surface area is 121 Å². The number of hydrogen-bond donors (Lipinski definition) is 1. The smallest absolute Gasteiger partial charge is 0.380 e. The Morgan fingerprint density at radius 3 is 2.43 bits per heavy atom. The van der Waals surface area contributed by atoms with Crippen LogP contribution in [0.1, 0.15) is 5.56 Å². The summed E-state index contributed by atoms with van der Waals surface area (Å²) < 4.78 is 9.69. The summed E-state index contributed by atoms with van der Waals surface area (Å²) in [6, 6.07) is 15.8. The van der Waals surface area contributed by atoms with Crippen molar-refractivity contribution >= 4 is 0 Å². The number of aromatic nitrogens is 2. The Balaban J connectivity index is 2.04. The number of nitrogens with zero attached hydrogens (tertiary/aromatic N) is 1. The zero-order chi connectivity index (χ0) is 14.7. The van der Waals surface area contributed by atoms with E-state index in [0.29, 0.717) is 12.4 Å². The standard InChI is InChI=1S/C16H14N2O3/c1-20-10-11-6-8-12(9-7-11)13-4-2-3-5-14(13)15-17-16(19)21-18-15/h2-9H,10H2,1H3,(H,17,18,19). The van der Waals surface area contributed by atoms with E-state index in [2.05, 4.69) is 14.7 Å². The van der Waals surface area contributed by atoms with Crippen molar-refractivity contribution in [3.8, 4) is 22.5 Å². The zero-order valence-electron chi connectivity index (χ0n) is 11.5. The van der Waals surface area contributed by atoms with Crippen molar-refractivity contribution in [2.45, 2.75) is 6.61 Å². The van der Waals surface area contributed by atoms with Gasteiger partial charge in [-0.3, -0.25) is 9.51 Å². The number of nitrogens with one attached hydrogen (secondary N) is 1. The van der Waals surface area contributed by atoms with E-state index >= 15 is 0 Å². The Morgan fingerprint density at radius 1 is 1.10 bits per heavy atom. The normalized spacial score (nSPS) is 10.7. The molecule has 0 atom stereocenters. The van der Waals surface area contributed by atoms with Crippen molar-refractivity contribution in [2.75, 3.05) is 7.11 Å². The predicted octanol–water partition coefficient (Wildman–Crippen LogP) is 2.84. The largest absolute Gasteiger partial charge is 0.439 e. The molecular weight excluding hydrogens is 268 g/mol. The molecule has 0 spiro atoms. The SMILES string of the molecule is COCc1ccc(-c2ccccc2-c2noc(=O)[nH]2)cc1. The van der Waals surface area contributed by atoms with Crippen molar-refractivity contribution < 1.29 is 9.26 Å². The molecule has 0 saturated carbocycles. The van der Waals surface area contributed by atoms with Gasteiger partial charge in [-0.1, -0.05) is 53.7 Å². The summed E-state index contributed by atoms with van der Waals surface area (Å²) in [7, 11) is 1.67. The molecule has 0 saturated heterocycles. The maximum atomic E-state index is 11.1.